The van der Waals surface area contributed by atoms with Crippen LogP contribution in [0.15, 0.2) is 54.6 Å². The molecular formula is C26H34FN3O2. The molecule has 0 unspecified atom stereocenters. The van der Waals surface area contributed by atoms with E-state index >= 15 is 0 Å². The number of unbranched alkanes of at least 4 members (excludes halogenated alkanes) is 1. The Labute approximate surface area is 190 Å². The standard InChI is InChI=1S/C26H34FN3O2/c1-4-6-14-23(31)18-29(16-5-2)19-25-20(3)28-30(22-12-8-7-9-13-22)26(25)32-24-15-10-11-21(27)17-24/h7-13,15,17,23,31H,4-6,14,16,18-19H2,1-3H3/t23-/m1/s1. The third-order valence-corrected chi connectivity index (χ3v) is 5.43. The van der Waals surface area contributed by atoms with Crippen molar-refractivity contribution in [3.63, 3.8) is 0 Å². The lowest BCUT2D eigenvalue weighted by Gasteiger charge is -2.25. The molecule has 172 valence electrons. The minimum Gasteiger partial charge on any atom is -0.438 e. The Balaban J connectivity index is 1.95. The maximum absolute atomic E-state index is 13.8. The first kappa shape index (κ1) is 24.0. The summed E-state index contributed by atoms with van der Waals surface area (Å²) in [5, 5.41) is 15.3. The molecule has 3 rings (SSSR count). The molecule has 0 aliphatic rings. The van der Waals surface area contributed by atoms with Gasteiger partial charge in [-0.25, -0.2) is 9.07 Å². The van der Waals surface area contributed by atoms with Gasteiger partial charge >= 0.3 is 0 Å². The SMILES string of the molecule is CCCC[C@@H](O)CN(CCC)Cc1c(C)nn(-c2ccccc2)c1Oc1cccc(F)c1. The highest BCUT2D eigenvalue weighted by Gasteiger charge is 2.22. The fraction of sp³-hybridized carbons (Fsp3) is 0.423. The first-order chi connectivity index (χ1) is 15.5. The van der Waals surface area contributed by atoms with Crippen molar-refractivity contribution in [3.8, 4) is 17.3 Å². The van der Waals surface area contributed by atoms with Gasteiger partial charge in [-0.1, -0.05) is 51.0 Å². The average molecular weight is 440 g/mol. The van der Waals surface area contributed by atoms with E-state index in [2.05, 4.69) is 18.7 Å². The molecule has 0 bridgehead atoms. The quantitative estimate of drug-likeness (QED) is 0.383. The molecule has 0 saturated heterocycles. The van der Waals surface area contributed by atoms with Crippen LogP contribution in [0.25, 0.3) is 5.69 Å². The zero-order chi connectivity index (χ0) is 22.9. The highest BCUT2D eigenvalue weighted by atomic mass is 19.1. The summed E-state index contributed by atoms with van der Waals surface area (Å²) in [4.78, 5) is 2.25. The van der Waals surface area contributed by atoms with Gasteiger partial charge in [0, 0.05) is 19.2 Å². The van der Waals surface area contributed by atoms with Gasteiger partial charge in [0.15, 0.2) is 0 Å². The van der Waals surface area contributed by atoms with Gasteiger partial charge in [0.2, 0.25) is 5.88 Å². The number of hydrogen-bond acceptors (Lipinski definition) is 4. The molecule has 6 heteroatoms. The van der Waals surface area contributed by atoms with E-state index in [0.29, 0.717) is 24.7 Å². The Bertz CT molecular complexity index is 974. The number of hydrogen-bond donors (Lipinski definition) is 1. The topological polar surface area (TPSA) is 50.5 Å². The summed E-state index contributed by atoms with van der Waals surface area (Å²) in [6.07, 6.45) is 3.50. The summed E-state index contributed by atoms with van der Waals surface area (Å²) in [5.74, 6) is 0.648. The molecule has 2 aromatic carbocycles. The molecular weight excluding hydrogens is 405 g/mol. The Morgan fingerprint density at radius 2 is 1.88 bits per heavy atom. The molecule has 0 aliphatic carbocycles. The van der Waals surface area contributed by atoms with Crippen molar-refractivity contribution in [1.82, 2.24) is 14.7 Å². The van der Waals surface area contributed by atoms with E-state index in [1.165, 1.54) is 12.1 Å². The Morgan fingerprint density at radius 3 is 2.56 bits per heavy atom. The molecule has 0 spiro atoms. The smallest absolute Gasteiger partial charge is 0.227 e. The maximum Gasteiger partial charge on any atom is 0.227 e. The van der Waals surface area contributed by atoms with Crippen LogP contribution in [-0.4, -0.2) is 39.0 Å². The lowest BCUT2D eigenvalue weighted by Crippen LogP contribution is -2.33. The fourth-order valence-corrected chi connectivity index (χ4v) is 3.82. The minimum atomic E-state index is -0.362. The summed E-state index contributed by atoms with van der Waals surface area (Å²) in [5.41, 5.74) is 2.66. The highest BCUT2D eigenvalue weighted by molar-refractivity contribution is 5.43. The van der Waals surface area contributed by atoms with Crippen molar-refractivity contribution in [2.75, 3.05) is 13.1 Å². The number of para-hydroxylation sites is 1. The van der Waals surface area contributed by atoms with Crippen molar-refractivity contribution in [3.05, 3.63) is 71.7 Å². The van der Waals surface area contributed by atoms with Gasteiger partial charge in [-0.15, -0.1) is 0 Å². The van der Waals surface area contributed by atoms with Crippen LogP contribution in [0.1, 0.15) is 50.8 Å². The first-order valence-corrected chi connectivity index (χ1v) is 11.5. The number of aryl methyl sites for hydroxylation is 1. The van der Waals surface area contributed by atoms with Crippen molar-refractivity contribution in [1.29, 1.82) is 0 Å². The molecule has 1 N–H and O–H groups in total. The average Bonchev–Trinajstić information content (AvgIpc) is 3.08. The molecule has 5 nitrogen and oxygen atoms in total. The summed E-state index contributed by atoms with van der Waals surface area (Å²) >= 11 is 0. The van der Waals surface area contributed by atoms with Crippen LogP contribution in [0.3, 0.4) is 0 Å². The van der Waals surface area contributed by atoms with E-state index in [-0.39, 0.29) is 11.9 Å². The van der Waals surface area contributed by atoms with E-state index in [4.69, 9.17) is 9.84 Å². The number of benzene rings is 2. The van der Waals surface area contributed by atoms with Gasteiger partial charge in [0.25, 0.3) is 0 Å². The Morgan fingerprint density at radius 1 is 1.09 bits per heavy atom. The van der Waals surface area contributed by atoms with Crippen molar-refractivity contribution < 1.29 is 14.2 Å². The fourth-order valence-electron chi connectivity index (χ4n) is 3.82. The maximum atomic E-state index is 13.8. The molecule has 1 atom stereocenters. The first-order valence-electron chi connectivity index (χ1n) is 11.5. The lowest BCUT2D eigenvalue weighted by atomic mass is 10.1. The second-order valence-corrected chi connectivity index (χ2v) is 8.21. The van der Waals surface area contributed by atoms with Crippen LogP contribution in [-0.2, 0) is 6.54 Å². The van der Waals surface area contributed by atoms with Gasteiger partial charge in [-0.05, 0) is 50.6 Å². The van der Waals surface area contributed by atoms with Gasteiger partial charge in [0.1, 0.15) is 11.6 Å². The van der Waals surface area contributed by atoms with Gasteiger partial charge in [-0.3, -0.25) is 4.90 Å². The zero-order valence-electron chi connectivity index (χ0n) is 19.3. The summed E-state index contributed by atoms with van der Waals surface area (Å²) in [7, 11) is 0. The van der Waals surface area contributed by atoms with Gasteiger partial charge < -0.3 is 9.84 Å². The lowest BCUT2D eigenvalue weighted by molar-refractivity contribution is 0.0991. The molecule has 0 radical (unpaired) electrons. The summed E-state index contributed by atoms with van der Waals surface area (Å²) < 4.78 is 21.8. The molecule has 1 aromatic heterocycles. The van der Waals surface area contributed by atoms with Crippen LogP contribution >= 0.6 is 0 Å². The van der Waals surface area contributed by atoms with Crippen molar-refractivity contribution in [2.45, 2.75) is 59.1 Å². The van der Waals surface area contributed by atoms with E-state index in [0.717, 1.165) is 49.2 Å². The number of aliphatic hydroxyl groups is 1. The number of halogens is 1. The monoisotopic (exact) mass is 439 g/mol. The molecule has 0 aliphatic heterocycles. The van der Waals surface area contributed by atoms with Crippen LogP contribution < -0.4 is 4.74 Å². The van der Waals surface area contributed by atoms with Crippen LogP contribution in [0, 0.1) is 12.7 Å². The van der Waals surface area contributed by atoms with E-state index in [1.807, 2.05) is 37.3 Å². The van der Waals surface area contributed by atoms with Crippen LogP contribution in [0.4, 0.5) is 4.39 Å². The second kappa shape index (κ2) is 11.8. The Hall–Kier alpha value is -2.70. The van der Waals surface area contributed by atoms with E-state index in [9.17, 15) is 9.50 Å². The number of aliphatic hydroxyl groups excluding tert-OH is 1. The third-order valence-electron chi connectivity index (χ3n) is 5.43. The van der Waals surface area contributed by atoms with Crippen molar-refractivity contribution in [2.24, 2.45) is 0 Å². The second-order valence-electron chi connectivity index (χ2n) is 8.21. The molecule has 0 amide bonds. The minimum absolute atomic E-state index is 0.349. The van der Waals surface area contributed by atoms with E-state index < -0.39 is 0 Å². The normalized spacial score (nSPS) is 12.3. The highest BCUT2D eigenvalue weighted by Crippen LogP contribution is 2.32. The summed E-state index contributed by atoms with van der Waals surface area (Å²) in [6.45, 7) is 8.29. The molecule has 0 saturated carbocycles. The third kappa shape index (κ3) is 6.40. The predicted molar refractivity (Wildman–Crippen MR) is 126 cm³/mol. The number of aromatic nitrogens is 2. The van der Waals surface area contributed by atoms with E-state index in [1.54, 1.807) is 16.8 Å². The molecule has 3 aromatic rings. The van der Waals surface area contributed by atoms with Crippen LogP contribution in [0.2, 0.25) is 0 Å². The van der Waals surface area contributed by atoms with Crippen molar-refractivity contribution >= 4 is 0 Å². The largest absolute Gasteiger partial charge is 0.438 e. The zero-order valence-corrected chi connectivity index (χ0v) is 19.3. The number of nitrogens with zero attached hydrogens (tertiary/aromatic N) is 3. The number of ether oxygens (including phenoxy) is 1. The number of rotatable bonds is 12. The molecule has 32 heavy (non-hydrogen) atoms. The summed E-state index contributed by atoms with van der Waals surface area (Å²) in [6, 6.07) is 15.9. The Kier molecular flexibility index (Phi) is 8.82. The van der Waals surface area contributed by atoms with Gasteiger partial charge in [0.05, 0.1) is 23.0 Å². The molecule has 1 heterocycles. The van der Waals surface area contributed by atoms with Gasteiger partial charge in [-0.2, -0.15) is 5.10 Å². The predicted octanol–water partition coefficient (Wildman–Crippen LogP) is 5.88. The van der Waals surface area contributed by atoms with Crippen LogP contribution in [0.5, 0.6) is 11.6 Å². The molecule has 0 fully saturated rings.